The van der Waals surface area contributed by atoms with Crippen LogP contribution in [0.1, 0.15) is 33.6 Å². The lowest BCUT2D eigenvalue weighted by Crippen LogP contribution is -2.43. The van der Waals surface area contributed by atoms with Crippen molar-refractivity contribution in [3.05, 3.63) is 29.1 Å². The summed E-state index contributed by atoms with van der Waals surface area (Å²) in [6.45, 7) is 0. The number of rotatable bonds is 4. The minimum atomic E-state index is -0.954. The first-order chi connectivity index (χ1) is 9.96. The molecule has 0 unspecified atom stereocenters. The van der Waals surface area contributed by atoms with Gasteiger partial charge in [-0.2, -0.15) is 0 Å². The first kappa shape index (κ1) is 15.2. The van der Waals surface area contributed by atoms with Crippen LogP contribution in [0.3, 0.4) is 0 Å². The minimum Gasteiger partial charge on any atom is -0.490 e. The highest BCUT2D eigenvalue weighted by atomic mass is 19.1. The fourth-order valence-corrected chi connectivity index (χ4v) is 2.13. The number of halogens is 1. The van der Waals surface area contributed by atoms with Gasteiger partial charge in [0, 0.05) is 12.1 Å². The van der Waals surface area contributed by atoms with E-state index in [1.807, 2.05) is 0 Å². The summed E-state index contributed by atoms with van der Waals surface area (Å²) < 4.78 is 28.6. The number of methoxy groups -OCH3 is 2. The average Bonchev–Trinajstić information content (AvgIpc) is 2.43. The molecule has 0 aliphatic heterocycles. The fraction of sp³-hybridized carbons (Fsp3) is 0.429. The van der Waals surface area contributed by atoms with Gasteiger partial charge in [-0.25, -0.2) is 14.0 Å². The second kappa shape index (κ2) is 6.09. The van der Waals surface area contributed by atoms with Crippen molar-refractivity contribution in [2.75, 3.05) is 14.2 Å². The van der Waals surface area contributed by atoms with Gasteiger partial charge in [-0.05, 0) is 18.9 Å². The number of carbonyl (C=O) groups is 2. The summed E-state index contributed by atoms with van der Waals surface area (Å²) >= 11 is 0. The molecule has 0 atom stereocenters. The van der Waals surface area contributed by atoms with Gasteiger partial charge in [-0.1, -0.05) is 0 Å². The van der Waals surface area contributed by atoms with E-state index in [1.54, 1.807) is 0 Å². The second-order valence-corrected chi connectivity index (χ2v) is 4.78. The van der Waals surface area contributed by atoms with Gasteiger partial charge in [-0.15, -0.1) is 0 Å². The number of carbonyl (C=O) groups excluding carboxylic acids is 2. The largest absolute Gasteiger partial charge is 0.490 e. The fourth-order valence-electron chi connectivity index (χ4n) is 2.13. The molecule has 114 valence electrons. The average molecular weight is 297 g/mol. The molecule has 0 spiro atoms. The standard InChI is InChI=1S/C14H16FNO5/c1-19-13(17)10-5-9(21-8-3-7(16)4-8)6-11(15)12(10)14(18)20-2/h5-8H,3-4,16H2,1-2H3/t7-,8-. The Kier molecular flexibility index (Phi) is 4.42. The van der Waals surface area contributed by atoms with Gasteiger partial charge in [0.2, 0.25) is 0 Å². The van der Waals surface area contributed by atoms with Crippen LogP contribution >= 0.6 is 0 Å². The number of ether oxygens (including phenoxy) is 3. The van der Waals surface area contributed by atoms with Crippen molar-refractivity contribution in [2.45, 2.75) is 25.0 Å². The summed E-state index contributed by atoms with van der Waals surface area (Å²) in [5.41, 5.74) is 4.94. The maximum atomic E-state index is 14.1. The molecule has 7 heteroatoms. The molecule has 6 nitrogen and oxygen atoms in total. The van der Waals surface area contributed by atoms with Gasteiger partial charge in [0.15, 0.2) is 0 Å². The predicted molar refractivity (Wildman–Crippen MR) is 70.7 cm³/mol. The van der Waals surface area contributed by atoms with Crippen molar-refractivity contribution in [3.63, 3.8) is 0 Å². The maximum absolute atomic E-state index is 14.1. The molecule has 0 radical (unpaired) electrons. The lowest BCUT2D eigenvalue weighted by molar-refractivity contribution is 0.0548. The highest BCUT2D eigenvalue weighted by Crippen LogP contribution is 2.28. The number of nitrogens with two attached hydrogens (primary N) is 1. The van der Waals surface area contributed by atoms with Gasteiger partial charge in [0.05, 0.1) is 19.8 Å². The summed E-state index contributed by atoms with van der Waals surface area (Å²) in [4.78, 5) is 23.3. The van der Waals surface area contributed by atoms with Crippen LogP contribution in [0, 0.1) is 5.82 Å². The lowest BCUT2D eigenvalue weighted by atomic mass is 9.90. The van der Waals surface area contributed by atoms with Crippen LogP contribution in [0.25, 0.3) is 0 Å². The lowest BCUT2D eigenvalue weighted by Gasteiger charge is -2.32. The van der Waals surface area contributed by atoms with Crippen molar-refractivity contribution in [1.82, 2.24) is 0 Å². The van der Waals surface area contributed by atoms with Crippen molar-refractivity contribution < 1.29 is 28.2 Å². The van der Waals surface area contributed by atoms with Crippen molar-refractivity contribution in [2.24, 2.45) is 5.73 Å². The number of esters is 2. The first-order valence-corrected chi connectivity index (χ1v) is 6.38. The Bertz CT molecular complexity index is 569. The number of hydrogen-bond donors (Lipinski definition) is 1. The van der Waals surface area contributed by atoms with E-state index < -0.39 is 23.3 Å². The third-order valence-electron chi connectivity index (χ3n) is 3.29. The summed E-state index contributed by atoms with van der Waals surface area (Å²) in [6.07, 6.45) is 1.20. The molecule has 1 aliphatic rings. The van der Waals surface area contributed by atoms with Crippen LogP contribution in [0.4, 0.5) is 4.39 Å². The number of benzene rings is 1. The molecular weight excluding hydrogens is 281 g/mol. The zero-order valence-electron chi connectivity index (χ0n) is 11.7. The van der Waals surface area contributed by atoms with Crippen LogP contribution in [-0.2, 0) is 9.47 Å². The van der Waals surface area contributed by atoms with Crippen LogP contribution < -0.4 is 10.5 Å². The molecule has 1 aromatic carbocycles. The molecule has 1 aromatic rings. The Morgan fingerprint density at radius 1 is 1.19 bits per heavy atom. The molecule has 0 aromatic heterocycles. The molecule has 2 N–H and O–H groups in total. The molecule has 1 fully saturated rings. The van der Waals surface area contributed by atoms with Crippen molar-refractivity contribution >= 4 is 11.9 Å². The maximum Gasteiger partial charge on any atom is 0.341 e. The van der Waals surface area contributed by atoms with Gasteiger partial charge >= 0.3 is 11.9 Å². The van der Waals surface area contributed by atoms with Crippen LogP contribution in [-0.4, -0.2) is 38.3 Å². The molecule has 21 heavy (non-hydrogen) atoms. The monoisotopic (exact) mass is 297 g/mol. The molecule has 1 saturated carbocycles. The zero-order chi connectivity index (χ0) is 15.6. The topological polar surface area (TPSA) is 87.9 Å². The molecule has 0 heterocycles. The molecule has 0 amide bonds. The second-order valence-electron chi connectivity index (χ2n) is 4.78. The number of hydrogen-bond acceptors (Lipinski definition) is 6. The quantitative estimate of drug-likeness (QED) is 0.842. The SMILES string of the molecule is COC(=O)c1cc(O[C@H]2C[C@H](N)C2)cc(F)c1C(=O)OC. The van der Waals surface area contributed by atoms with Gasteiger partial charge in [0.25, 0.3) is 0 Å². The van der Waals surface area contributed by atoms with E-state index in [-0.39, 0.29) is 23.5 Å². The summed E-state index contributed by atoms with van der Waals surface area (Å²) in [6, 6.07) is 2.39. The van der Waals surface area contributed by atoms with Crippen LogP contribution in [0.5, 0.6) is 5.75 Å². The van der Waals surface area contributed by atoms with E-state index >= 15 is 0 Å². The van der Waals surface area contributed by atoms with E-state index in [2.05, 4.69) is 9.47 Å². The third kappa shape index (κ3) is 3.13. The molecule has 2 rings (SSSR count). The Hall–Kier alpha value is -2.15. The minimum absolute atomic E-state index is 0.0780. The smallest absolute Gasteiger partial charge is 0.341 e. The highest BCUT2D eigenvalue weighted by molar-refractivity contribution is 6.03. The highest BCUT2D eigenvalue weighted by Gasteiger charge is 2.29. The van der Waals surface area contributed by atoms with E-state index in [1.165, 1.54) is 6.07 Å². The van der Waals surface area contributed by atoms with E-state index in [4.69, 9.17) is 10.5 Å². The van der Waals surface area contributed by atoms with Crippen molar-refractivity contribution in [3.8, 4) is 5.75 Å². The molecule has 1 aliphatic carbocycles. The normalized spacial score (nSPS) is 20.4. The summed E-state index contributed by atoms with van der Waals surface area (Å²) in [7, 11) is 2.24. The Morgan fingerprint density at radius 2 is 1.81 bits per heavy atom. The summed E-state index contributed by atoms with van der Waals surface area (Å²) in [5, 5.41) is 0. The summed E-state index contributed by atoms with van der Waals surface area (Å²) in [5.74, 6) is -2.55. The molecule has 0 saturated heterocycles. The van der Waals surface area contributed by atoms with Crippen LogP contribution in [0.2, 0.25) is 0 Å². The predicted octanol–water partition coefficient (Wildman–Crippen LogP) is 1.27. The van der Waals surface area contributed by atoms with E-state index in [0.29, 0.717) is 12.8 Å². The third-order valence-corrected chi connectivity index (χ3v) is 3.29. The van der Waals surface area contributed by atoms with Gasteiger partial charge < -0.3 is 19.9 Å². The Morgan fingerprint density at radius 3 is 2.33 bits per heavy atom. The van der Waals surface area contributed by atoms with Crippen molar-refractivity contribution in [1.29, 1.82) is 0 Å². The molecular formula is C14H16FNO5. The van der Waals surface area contributed by atoms with Crippen LogP contribution in [0.15, 0.2) is 12.1 Å². The molecule has 0 bridgehead atoms. The van der Waals surface area contributed by atoms with Gasteiger partial charge in [-0.3, -0.25) is 0 Å². The van der Waals surface area contributed by atoms with E-state index in [0.717, 1.165) is 20.3 Å². The Labute approximate surface area is 121 Å². The Balaban J connectivity index is 2.35. The first-order valence-electron chi connectivity index (χ1n) is 6.38. The zero-order valence-corrected chi connectivity index (χ0v) is 11.7. The van der Waals surface area contributed by atoms with E-state index in [9.17, 15) is 14.0 Å². The van der Waals surface area contributed by atoms with Gasteiger partial charge in [0.1, 0.15) is 23.2 Å².